The van der Waals surface area contributed by atoms with Crippen molar-refractivity contribution in [1.29, 1.82) is 0 Å². The molecule has 1 heterocycles. The molecule has 0 radical (unpaired) electrons. The number of nitrogens with zero attached hydrogens (tertiary/aromatic N) is 1. The van der Waals surface area contributed by atoms with Crippen molar-refractivity contribution in [3.63, 3.8) is 0 Å². The van der Waals surface area contributed by atoms with Gasteiger partial charge in [0.2, 0.25) is 10.0 Å². The average molecular weight is 312 g/mol. The Morgan fingerprint density at radius 3 is 2.81 bits per heavy atom. The van der Waals surface area contributed by atoms with Gasteiger partial charge in [0.1, 0.15) is 12.4 Å². The molecular formula is C15H24N2O3S. The van der Waals surface area contributed by atoms with Crippen molar-refractivity contribution in [2.75, 3.05) is 39.0 Å². The Morgan fingerprint density at radius 1 is 1.33 bits per heavy atom. The van der Waals surface area contributed by atoms with Crippen LogP contribution in [0.4, 0.5) is 0 Å². The average Bonchev–Trinajstić information content (AvgIpc) is 2.47. The summed E-state index contributed by atoms with van der Waals surface area (Å²) in [6, 6.07) is 9.73. The zero-order valence-electron chi connectivity index (χ0n) is 12.5. The number of benzene rings is 1. The van der Waals surface area contributed by atoms with Crippen LogP contribution in [0.2, 0.25) is 0 Å². The van der Waals surface area contributed by atoms with Crippen molar-refractivity contribution >= 4 is 10.0 Å². The molecule has 6 heteroatoms. The van der Waals surface area contributed by atoms with E-state index in [9.17, 15) is 8.42 Å². The summed E-state index contributed by atoms with van der Waals surface area (Å²) in [6.45, 7) is 3.51. The molecule has 0 amide bonds. The molecule has 1 saturated heterocycles. The van der Waals surface area contributed by atoms with E-state index in [4.69, 9.17) is 4.74 Å². The maximum atomic E-state index is 11.6. The van der Waals surface area contributed by atoms with E-state index >= 15 is 0 Å². The molecule has 0 bridgehead atoms. The van der Waals surface area contributed by atoms with Crippen molar-refractivity contribution in [1.82, 2.24) is 9.62 Å². The maximum absolute atomic E-state index is 11.6. The first-order chi connectivity index (χ1) is 10.1. The number of rotatable bonds is 7. The van der Waals surface area contributed by atoms with E-state index < -0.39 is 10.0 Å². The molecular weight excluding hydrogens is 288 g/mol. The van der Waals surface area contributed by atoms with Gasteiger partial charge in [-0.25, -0.2) is 12.7 Å². The summed E-state index contributed by atoms with van der Waals surface area (Å²) >= 11 is 0. The minimum Gasteiger partial charge on any atom is -0.492 e. The van der Waals surface area contributed by atoms with Gasteiger partial charge in [-0.15, -0.1) is 0 Å². The number of piperidine rings is 1. The summed E-state index contributed by atoms with van der Waals surface area (Å²) in [7, 11) is -3.05. The standard InChI is InChI=1S/C15H24N2O3S/c1-21(18,19)17-10-5-6-14(13-17)12-16-9-11-20-15-7-3-2-4-8-15/h2-4,7-8,14,16H,5-6,9-13H2,1H3. The highest BCUT2D eigenvalue weighted by Crippen LogP contribution is 2.17. The molecule has 0 spiro atoms. The summed E-state index contributed by atoms with van der Waals surface area (Å²) in [4.78, 5) is 0. The minimum atomic E-state index is -3.05. The fourth-order valence-corrected chi connectivity index (χ4v) is 3.50. The lowest BCUT2D eigenvalue weighted by molar-refractivity contribution is 0.253. The van der Waals surface area contributed by atoms with Crippen LogP contribution in [-0.4, -0.2) is 51.8 Å². The second kappa shape index (κ2) is 7.77. The third-order valence-electron chi connectivity index (χ3n) is 3.67. The van der Waals surface area contributed by atoms with Gasteiger partial charge in [0.25, 0.3) is 0 Å². The van der Waals surface area contributed by atoms with Crippen LogP contribution < -0.4 is 10.1 Å². The molecule has 118 valence electrons. The Balaban J connectivity index is 1.62. The van der Waals surface area contributed by atoms with Gasteiger partial charge in [-0.1, -0.05) is 18.2 Å². The van der Waals surface area contributed by atoms with Crippen molar-refractivity contribution < 1.29 is 13.2 Å². The molecule has 5 nitrogen and oxygen atoms in total. The monoisotopic (exact) mass is 312 g/mol. The van der Waals surface area contributed by atoms with Crippen LogP contribution >= 0.6 is 0 Å². The van der Waals surface area contributed by atoms with Crippen molar-refractivity contribution in [2.24, 2.45) is 5.92 Å². The summed E-state index contributed by atoms with van der Waals surface area (Å²) in [5, 5.41) is 3.35. The third kappa shape index (κ3) is 5.65. The van der Waals surface area contributed by atoms with Crippen LogP contribution in [0.15, 0.2) is 30.3 Å². The zero-order valence-corrected chi connectivity index (χ0v) is 13.3. The first-order valence-corrected chi connectivity index (χ1v) is 9.24. The SMILES string of the molecule is CS(=O)(=O)N1CCCC(CNCCOc2ccccc2)C1. The van der Waals surface area contributed by atoms with E-state index in [0.717, 1.165) is 31.7 Å². The molecule has 2 rings (SSSR count). The van der Waals surface area contributed by atoms with Gasteiger partial charge in [-0.2, -0.15) is 0 Å². The Bertz CT molecular complexity index is 519. The van der Waals surface area contributed by atoms with Crippen molar-refractivity contribution in [2.45, 2.75) is 12.8 Å². The third-order valence-corrected chi connectivity index (χ3v) is 4.94. The van der Waals surface area contributed by atoms with E-state index in [1.165, 1.54) is 6.26 Å². The fraction of sp³-hybridized carbons (Fsp3) is 0.600. The Hall–Kier alpha value is -1.11. The smallest absolute Gasteiger partial charge is 0.211 e. The summed E-state index contributed by atoms with van der Waals surface area (Å²) < 4.78 is 30.3. The van der Waals surface area contributed by atoms with Gasteiger partial charge >= 0.3 is 0 Å². The highest BCUT2D eigenvalue weighted by molar-refractivity contribution is 7.88. The highest BCUT2D eigenvalue weighted by atomic mass is 32.2. The second-order valence-electron chi connectivity index (χ2n) is 5.49. The Kier molecular flexibility index (Phi) is 6.02. The summed E-state index contributed by atoms with van der Waals surface area (Å²) in [5.41, 5.74) is 0. The fourth-order valence-electron chi connectivity index (χ4n) is 2.56. The van der Waals surface area contributed by atoms with E-state index in [0.29, 0.717) is 25.6 Å². The predicted molar refractivity (Wildman–Crippen MR) is 83.9 cm³/mol. The van der Waals surface area contributed by atoms with Crippen LogP contribution in [-0.2, 0) is 10.0 Å². The minimum absolute atomic E-state index is 0.394. The molecule has 1 aliphatic heterocycles. The first kappa shape index (κ1) is 16.3. The molecule has 1 aromatic rings. The largest absolute Gasteiger partial charge is 0.492 e. The summed E-state index contributed by atoms with van der Waals surface area (Å²) in [5.74, 6) is 1.27. The molecule has 1 N–H and O–H groups in total. The number of ether oxygens (including phenoxy) is 1. The van der Waals surface area contributed by atoms with Gasteiger partial charge in [0.05, 0.1) is 6.26 Å². The van der Waals surface area contributed by atoms with Crippen LogP contribution in [0.3, 0.4) is 0 Å². The van der Waals surface area contributed by atoms with E-state index in [1.54, 1.807) is 4.31 Å². The molecule has 1 unspecified atom stereocenters. The molecule has 1 aliphatic rings. The van der Waals surface area contributed by atoms with Crippen molar-refractivity contribution in [3.8, 4) is 5.75 Å². The molecule has 0 aliphatic carbocycles. The molecule has 21 heavy (non-hydrogen) atoms. The van der Waals surface area contributed by atoms with E-state index in [1.807, 2.05) is 30.3 Å². The molecule has 0 aromatic heterocycles. The highest BCUT2D eigenvalue weighted by Gasteiger charge is 2.25. The van der Waals surface area contributed by atoms with Crippen molar-refractivity contribution in [3.05, 3.63) is 30.3 Å². The molecule has 1 aromatic carbocycles. The van der Waals surface area contributed by atoms with E-state index in [-0.39, 0.29) is 0 Å². The maximum Gasteiger partial charge on any atom is 0.211 e. The molecule has 0 saturated carbocycles. The van der Waals surface area contributed by atoms with Gasteiger partial charge < -0.3 is 10.1 Å². The Labute approximate surface area is 127 Å². The zero-order chi connectivity index (χ0) is 15.1. The van der Waals surface area contributed by atoms with Gasteiger partial charge in [0.15, 0.2) is 0 Å². The molecule has 1 fully saturated rings. The van der Waals surface area contributed by atoms with Crippen LogP contribution in [0.5, 0.6) is 5.75 Å². The lowest BCUT2D eigenvalue weighted by atomic mass is 10.00. The van der Waals surface area contributed by atoms with Gasteiger partial charge in [0, 0.05) is 19.6 Å². The number of hydrogen-bond donors (Lipinski definition) is 1. The first-order valence-electron chi connectivity index (χ1n) is 7.39. The summed E-state index contributed by atoms with van der Waals surface area (Å²) in [6.07, 6.45) is 3.31. The van der Waals surface area contributed by atoms with E-state index in [2.05, 4.69) is 5.32 Å². The Morgan fingerprint density at radius 2 is 2.10 bits per heavy atom. The van der Waals surface area contributed by atoms with Crippen LogP contribution in [0, 0.1) is 5.92 Å². The quantitative estimate of drug-likeness (QED) is 0.772. The van der Waals surface area contributed by atoms with Gasteiger partial charge in [-0.05, 0) is 37.4 Å². The van der Waals surface area contributed by atoms with Crippen LogP contribution in [0.25, 0.3) is 0 Å². The number of hydrogen-bond acceptors (Lipinski definition) is 4. The lowest BCUT2D eigenvalue weighted by Gasteiger charge is -2.31. The number of nitrogens with one attached hydrogen (secondary N) is 1. The van der Waals surface area contributed by atoms with Crippen LogP contribution in [0.1, 0.15) is 12.8 Å². The molecule has 1 atom stereocenters. The van der Waals surface area contributed by atoms with Gasteiger partial charge in [-0.3, -0.25) is 0 Å². The topological polar surface area (TPSA) is 58.6 Å². The number of sulfonamides is 1. The normalized spacial score (nSPS) is 20.3. The predicted octanol–water partition coefficient (Wildman–Crippen LogP) is 1.33. The lowest BCUT2D eigenvalue weighted by Crippen LogP contribution is -2.42. The second-order valence-corrected chi connectivity index (χ2v) is 7.48. The number of para-hydroxylation sites is 1.